The predicted octanol–water partition coefficient (Wildman–Crippen LogP) is 4.22. The number of nitrogens with one attached hydrogen (secondary N) is 1. The van der Waals surface area contributed by atoms with Gasteiger partial charge >= 0.3 is 0 Å². The molecule has 0 radical (unpaired) electrons. The van der Waals surface area contributed by atoms with Crippen LogP contribution < -0.4 is 19.5 Å². The standard InChI is InChI=1S/C23H23NO5/c1-26-19-14-16(15-20(27-2)23(19)28-3)11-12-21(25)24-22(18-10-7-13-29-18)17-8-5-4-6-9-17/h4-15,22H,1-3H3,(H,24,25)/b12-11+/t22-/m0/s1. The third-order valence-corrected chi connectivity index (χ3v) is 4.36. The van der Waals surface area contributed by atoms with Gasteiger partial charge in [-0.3, -0.25) is 4.79 Å². The van der Waals surface area contributed by atoms with E-state index in [9.17, 15) is 4.79 Å². The van der Waals surface area contributed by atoms with Crippen LogP contribution in [-0.2, 0) is 4.79 Å². The molecule has 0 saturated carbocycles. The Balaban J connectivity index is 1.81. The van der Waals surface area contributed by atoms with Crippen molar-refractivity contribution < 1.29 is 23.4 Å². The van der Waals surface area contributed by atoms with Crippen molar-refractivity contribution in [2.45, 2.75) is 6.04 Å². The van der Waals surface area contributed by atoms with Crippen LogP contribution in [0.3, 0.4) is 0 Å². The van der Waals surface area contributed by atoms with E-state index in [2.05, 4.69) is 5.32 Å². The molecule has 3 rings (SSSR count). The van der Waals surface area contributed by atoms with Gasteiger partial charge in [0.15, 0.2) is 11.5 Å². The van der Waals surface area contributed by atoms with E-state index in [1.54, 1.807) is 51.9 Å². The van der Waals surface area contributed by atoms with E-state index in [4.69, 9.17) is 18.6 Å². The molecule has 0 bridgehead atoms. The van der Waals surface area contributed by atoms with Gasteiger partial charge in [0.25, 0.3) is 0 Å². The van der Waals surface area contributed by atoms with Crippen LogP contribution in [0, 0.1) is 0 Å². The van der Waals surface area contributed by atoms with Crippen LogP contribution in [0.25, 0.3) is 6.08 Å². The van der Waals surface area contributed by atoms with E-state index < -0.39 is 0 Å². The Morgan fingerprint density at radius 3 is 2.21 bits per heavy atom. The lowest BCUT2D eigenvalue weighted by atomic mass is 10.0. The van der Waals surface area contributed by atoms with Crippen molar-refractivity contribution in [2.24, 2.45) is 0 Å². The fourth-order valence-electron chi connectivity index (χ4n) is 2.98. The highest BCUT2D eigenvalue weighted by molar-refractivity contribution is 5.92. The zero-order valence-electron chi connectivity index (χ0n) is 16.5. The van der Waals surface area contributed by atoms with Crippen molar-refractivity contribution >= 4 is 12.0 Å². The lowest BCUT2D eigenvalue weighted by Gasteiger charge is -2.16. The van der Waals surface area contributed by atoms with Crippen LogP contribution in [0.2, 0.25) is 0 Å². The number of benzene rings is 2. The van der Waals surface area contributed by atoms with Crippen LogP contribution in [0.1, 0.15) is 22.9 Å². The minimum Gasteiger partial charge on any atom is -0.493 e. The first-order valence-electron chi connectivity index (χ1n) is 9.03. The van der Waals surface area contributed by atoms with Crippen LogP contribution in [-0.4, -0.2) is 27.2 Å². The second-order valence-electron chi connectivity index (χ2n) is 6.16. The van der Waals surface area contributed by atoms with Gasteiger partial charge < -0.3 is 23.9 Å². The number of hydrogen-bond acceptors (Lipinski definition) is 5. The third kappa shape index (κ3) is 4.79. The largest absolute Gasteiger partial charge is 0.493 e. The molecule has 0 aliphatic rings. The molecule has 150 valence electrons. The number of carbonyl (C=O) groups is 1. The maximum absolute atomic E-state index is 12.6. The molecule has 2 aromatic carbocycles. The molecule has 29 heavy (non-hydrogen) atoms. The summed E-state index contributed by atoms with van der Waals surface area (Å²) in [5.41, 5.74) is 1.67. The molecule has 6 heteroatoms. The molecule has 0 aliphatic carbocycles. The normalized spacial score (nSPS) is 11.8. The molecular formula is C23H23NO5. The monoisotopic (exact) mass is 393 g/mol. The summed E-state index contributed by atoms with van der Waals surface area (Å²) in [6.45, 7) is 0. The second kappa shape index (κ2) is 9.50. The lowest BCUT2D eigenvalue weighted by Crippen LogP contribution is -2.27. The summed E-state index contributed by atoms with van der Waals surface area (Å²) in [7, 11) is 4.64. The van der Waals surface area contributed by atoms with Gasteiger partial charge in [0.05, 0.1) is 27.6 Å². The van der Waals surface area contributed by atoms with E-state index in [0.29, 0.717) is 23.0 Å². The van der Waals surface area contributed by atoms with Crippen molar-refractivity contribution in [1.82, 2.24) is 5.32 Å². The average Bonchev–Trinajstić information content (AvgIpc) is 3.30. The highest BCUT2D eigenvalue weighted by Crippen LogP contribution is 2.38. The van der Waals surface area contributed by atoms with Crippen molar-refractivity contribution in [3.05, 3.63) is 83.8 Å². The van der Waals surface area contributed by atoms with Crippen LogP contribution >= 0.6 is 0 Å². The molecule has 1 N–H and O–H groups in total. The SMILES string of the molecule is COc1cc(/C=C/C(=O)N[C@@H](c2ccccc2)c2ccco2)cc(OC)c1OC. The van der Waals surface area contributed by atoms with Crippen molar-refractivity contribution in [2.75, 3.05) is 21.3 Å². The fourth-order valence-corrected chi connectivity index (χ4v) is 2.98. The van der Waals surface area contributed by atoms with Gasteiger partial charge in [-0.05, 0) is 41.5 Å². The summed E-state index contributed by atoms with van der Waals surface area (Å²) < 4.78 is 21.5. The van der Waals surface area contributed by atoms with Crippen LogP contribution in [0.15, 0.2) is 71.4 Å². The van der Waals surface area contributed by atoms with Gasteiger partial charge in [-0.15, -0.1) is 0 Å². The Morgan fingerprint density at radius 2 is 1.66 bits per heavy atom. The van der Waals surface area contributed by atoms with Gasteiger partial charge in [-0.1, -0.05) is 30.3 Å². The molecule has 3 aromatic rings. The molecule has 1 heterocycles. The quantitative estimate of drug-likeness (QED) is 0.580. The van der Waals surface area contributed by atoms with Gasteiger partial charge in [0, 0.05) is 6.08 Å². The average molecular weight is 393 g/mol. The van der Waals surface area contributed by atoms with Crippen LogP contribution in [0.5, 0.6) is 17.2 Å². The molecular weight excluding hydrogens is 370 g/mol. The smallest absolute Gasteiger partial charge is 0.244 e. The van der Waals surface area contributed by atoms with E-state index in [1.165, 1.54) is 6.08 Å². The third-order valence-electron chi connectivity index (χ3n) is 4.36. The fraction of sp³-hybridized carbons (Fsp3) is 0.174. The Hall–Kier alpha value is -3.67. The first kappa shape index (κ1) is 20.1. The van der Waals surface area contributed by atoms with Crippen molar-refractivity contribution in [3.63, 3.8) is 0 Å². The van der Waals surface area contributed by atoms with Crippen molar-refractivity contribution in [3.8, 4) is 17.2 Å². The van der Waals surface area contributed by atoms with Gasteiger partial charge in [-0.2, -0.15) is 0 Å². The first-order chi connectivity index (χ1) is 14.2. The second-order valence-corrected chi connectivity index (χ2v) is 6.16. The summed E-state index contributed by atoms with van der Waals surface area (Å²) in [5, 5.41) is 2.98. The van der Waals surface area contributed by atoms with E-state index in [1.807, 2.05) is 36.4 Å². The van der Waals surface area contributed by atoms with Gasteiger partial charge in [0.1, 0.15) is 11.8 Å². The van der Waals surface area contributed by atoms with Crippen LogP contribution in [0.4, 0.5) is 0 Å². The maximum atomic E-state index is 12.6. The Kier molecular flexibility index (Phi) is 6.58. The number of ether oxygens (including phenoxy) is 3. The number of hydrogen-bond donors (Lipinski definition) is 1. The molecule has 0 fully saturated rings. The molecule has 1 atom stereocenters. The van der Waals surface area contributed by atoms with Gasteiger partial charge in [-0.25, -0.2) is 0 Å². The van der Waals surface area contributed by atoms with Crippen molar-refractivity contribution in [1.29, 1.82) is 0 Å². The van der Waals surface area contributed by atoms with E-state index >= 15 is 0 Å². The highest BCUT2D eigenvalue weighted by Gasteiger charge is 2.18. The molecule has 6 nitrogen and oxygen atoms in total. The summed E-state index contributed by atoms with van der Waals surface area (Å²) in [6, 6.07) is 16.4. The van der Waals surface area contributed by atoms with E-state index in [-0.39, 0.29) is 11.9 Å². The molecule has 0 aliphatic heterocycles. The minimum atomic E-state index is -0.386. The number of furan rings is 1. The number of rotatable bonds is 8. The molecule has 1 aromatic heterocycles. The molecule has 0 spiro atoms. The summed E-state index contributed by atoms with van der Waals surface area (Å²) in [6.07, 6.45) is 4.73. The van der Waals surface area contributed by atoms with Gasteiger partial charge in [0.2, 0.25) is 11.7 Å². The first-order valence-corrected chi connectivity index (χ1v) is 9.03. The Bertz CT molecular complexity index is 939. The number of carbonyl (C=O) groups excluding carboxylic acids is 1. The summed E-state index contributed by atoms with van der Waals surface area (Å²) in [4.78, 5) is 12.6. The molecule has 0 unspecified atom stereocenters. The number of amides is 1. The highest BCUT2D eigenvalue weighted by atomic mass is 16.5. The maximum Gasteiger partial charge on any atom is 0.244 e. The molecule has 1 amide bonds. The zero-order chi connectivity index (χ0) is 20.6. The summed E-state index contributed by atoms with van der Waals surface area (Å²) in [5.74, 6) is 1.93. The summed E-state index contributed by atoms with van der Waals surface area (Å²) >= 11 is 0. The number of methoxy groups -OCH3 is 3. The zero-order valence-corrected chi connectivity index (χ0v) is 16.5. The Morgan fingerprint density at radius 1 is 0.966 bits per heavy atom. The topological polar surface area (TPSA) is 69.9 Å². The lowest BCUT2D eigenvalue weighted by molar-refractivity contribution is -0.117. The minimum absolute atomic E-state index is 0.260. The Labute approximate surface area is 169 Å². The predicted molar refractivity (Wildman–Crippen MR) is 110 cm³/mol. The van der Waals surface area contributed by atoms with E-state index in [0.717, 1.165) is 11.1 Å². The molecule has 0 saturated heterocycles.